The lowest BCUT2D eigenvalue weighted by molar-refractivity contribution is 0.0786. The summed E-state index contributed by atoms with van der Waals surface area (Å²) in [5, 5.41) is 22.2. The molecule has 0 aliphatic carbocycles. The highest BCUT2D eigenvalue weighted by Gasteiger charge is 2.18. The maximum atomic E-state index is 10.0. The van der Waals surface area contributed by atoms with Crippen LogP contribution in [-0.2, 0) is 11.2 Å². The van der Waals surface area contributed by atoms with Crippen LogP contribution in [0.2, 0.25) is 0 Å². The molecule has 2 rings (SSSR count). The monoisotopic (exact) mass is 244 g/mol. The van der Waals surface area contributed by atoms with Crippen molar-refractivity contribution in [2.45, 2.75) is 38.9 Å². The van der Waals surface area contributed by atoms with Gasteiger partial charge in [0, 0.05) is 0 Å². The Labute approximate surface area is 108 Å². The van der Waals surface area contributed by atoms with E-state index in [0.717, 1.165) is 21.9 Å². The molecule has 0 aromatic heterocycles. The van der Waals surface area contributed by atoms with Gasteiger partial charge in [0.1, 0.15) is 0 Å². The maximum Gasteiger partial charge on any atom is 0.0840 e. The van der Waals surface area contributed by atoms with Crippen molar-refractivity contribution in [3.05, 3.63) is 47.5 Å². The summed E-state index contributed by atoms with van der Waals surface area (Å²) < 4.78 is 0. The molecule has 96 valence electrons. The third kappa shape index (κ3) is 2.55. The fourth-order valence-electron chi connectivity index (χ4n) is 2.01. The van der Waals surface area contributed by atoms with Crippen molar-refractivity contribution in [2.24, 2.45) is 0 Å². The van der Waals surface area contributed by atoms with Gasteiger partial charge in [-0.1, -0.05) is 24.3 Å². The summed E-state index contributed by atoms with van der Waals surface area (Å²) in [6, 6.07) is 11.8. The van der Waals surface area contributed by atoms with E-state index in [1.807, 2.05) is 36.4 Å². The SMILES string of the molecule is CC(C)(O)c1ccc2ccc(C(C)(C)O)cc2c1. The summed E-state index contributed by atoms with van der Waals surface area (Å²) in [4.78, 5) is 0. The van der Waals surface area contributed by atoms with Crippen LogP contribution in [0.25, 0.3) is 10.8 Å². The van der Waals surface area contributed by atoms with E-state index < -0.39 is 11.2 Å². The van der Waals surface area contributed by atoms with Gasteiger partial charge in [-0.25, -0.2) is 0 Å². The molecule has 0 aliphatic heterocycles. The van der Waals surface area contributed by atoms with Crippen LogP contribution in [0.3, 0.4) is 0 Å². The molecule has 0 atom stereocenters. The van der Waals surface area contributed by atoms with Crippen LogP contribution in [0.5, 0.6) is 0 Å². The molecule has 0 fully saturated rings. The van der Waals surface area contributed by atoms with Gasteiger partial charge in [-0.15, -0.1) is 0 Å². The minimum absolute atomic E-state index is 0.848. The van der Waals surface area contributed by atoms with Gasteiger partial charge in [0.2, 0.25) is 0 Å². The average molecular weight is 244 g/mol. The first-order chi connectivity index (χ1) is 8.18. The van der Waals surface area contributed by atoms with Crippen molar-refractivity contribution in [1.82, 2.24) is 0 Å². The van der Waals surface area contributed by atoms with Crippen LogP contribution in [0, 0.1) is 0 Å². The van der Waals surface area contributed by atoms with Crippen LogP contribution in [0.1, 0.15) is 38.8 Å². The second kappa shape index (κ2) is 4.08. The van der Waals surface area contributed by atoms with E-state index in [1.54, 1.807) is 27.7 Å². The van der Waals surface area contributed by atoms with E-state index in [2.05, 4.69) is 0 Å². The highest BCUT2D eigenvalue weighted by molar-refractivity contribution is 5.84. The van der Waals surface area contributed by atoms with Crippen molar-refractivity contribution in [2.75, 3.05) is 0 Å². The topological polar surface area (TPSA) is 40.5 Å². The zero-order valence-corrected chi connectivity index (χ0v) is 11.4. The molecule has 0 saturated carbocycles. The number of hydrogen-bond acceptors (Lipinski definition) is 2. The minimum atomic E-state index is -0.848. The molecule has 2 nitrogen and oxygen atoms in total. The van der Waals surface area contributed by atoms with E-state index in [0.29, 0.717) is 0 Å². The van der Waals surface area contributed by atoms with Gasteiger partial charge in [0.05, 0.1) is 11.2 Å². The van der Waals surface area contributed by atoms with Gasteiger partial charge in [0.25, 0.3) is 0 Å². The van der Waals surface area contributed by atoms with Crippen LogP contribution < -0.4 is 0 Å². The van der Waals surface area contributed by atoms with E-state index in [4.69, 9.17) is 0 Å². The first-order valence-corrected chi connectivity index (χ1v) is 6.17. The third-order valence-corrected chi connectivity index (χ3v) is 3.25. The van der Waals surface area contributed by atoms with Gasteiger partial charge in [-0.05, 0) is 61.7 Å². The van der Waals surface area contributed by atoms with Crippen LogP contribution >= 0.6 is 0 Å². The van der Waals surface area contributed by atoms with Crippen LogP contribution in [-0.4, -0.2) is 10.2 Å². The predicted molar refractivity (Wildman–Crippen MR) is 74.4 cm³/mol. The fourth-order valence-corrected chi connectivity index (χ4v) is 2.01. The van der Waals surface area contributed by atoms with Crippen molar-refractivity contribution >= 4 is 10.8 Å². The van der Waals surface area contributed by atoms with E-state index in [-0.39, 0.29) is 0 Å². The van der Waals surface area contributed by atoms with Crippen molar-refractivity contribution in [3.8, 4) is 0 Å². The first kappa shape index (κ1) is 13.1. The minimum Gasteiger partial charge on any atom is -0.386 e. The molecule has 2 aromatic rings. The van der Waals surface area contributed by atoms with Gasteiger partial charge in [-0.3, -0.25) is 0 Å². The number of rotatable bonds is 2. The summed E-state index contributed by atoms with van der Waals surface area (Å²) in [6.07, 6.45) is 0. The lowest BCUT2D eigenvalue weighted by atomic mass is 9.92. The Balaban J connectivity index is 2.61. The summed E-state index contributed by atoms with van der Waals surface area (Å²) in [5.74, 6) is 0. The largest absolute Gasteiger partial charge is 0.386 e. The lowest BCUT2D eigenvalue weighted by Gasteiger charge is -2.20. The molecule has 0 unspecified atom stereocenters. The average Bonchev–Trinajstić information content (AvgIpc) is 2.25. The fraction of sp³-hybridized carbons (Fsp3) is 0.375. The van der Waals surface area contributed by atoms with Crippen molar-refractivity contribution in [3.63, 3.8) is 0 Å². The molecule has 0 saturated heterocycles. The number of benzene rings is 2. The maximum absolute atomic E-state index is 10.0. The zero-order chi connectivity index (χ0) is 13.6. The third-order valence-electron chi connectivity index (χ3n) is 3.25. The molecular formula is C16H20O2. The Hall–Kier alpha value is -1.38. The predicted octanol–water partition coefficient (Wildman–Crippen LogP) is 3.29. The van der Waals surface area contributed by atoms with Crippen molar-refractivity contribution in [1.29, 1.82) is 0 Å². The quantitative estimate of drug-likeness (QED) is 0.851. The molecule has 0 heterocycles. The first-order valence-electron chi connectivity index (χ1n) is 6.17. The molecule has 2 heteroatoms. The van der Waals surface area contributed by atoms with Gasteiger partial charge < -0.3 is 10.2 Å². The van der Waals surface area contributed by atoms with Gasteiger partial charge >= 0.3 is 0 Å². The number of hydrogen-bond donors (Lipinski definition) is 2. The second-order valence-corrected chi connectivity index (χ2v) is 5.89. The van der Waals surface area contributed by atoms with Crippen LogP contribution in [0.15, 0.2) is 36.4 Å². The highest BCUT2D eigenvalue weighted by atomic mass is 16.3. The molecular weight excluding hydrogens is 224 g/mol. The molecule has 2 N–H and O–H groups in total. The normalized spacial score (nSPS) is 13.0. The number of fused-ring (bicyclic) bond motifs is 1. The molecule has 0 amide bonds. The van der Waals surface area contributed by atoms with Gasteiger partial charge in [-0.2, -0.15) is 0 Å². The lowest BCUT2D eigenvalue weighted by Crippen LogP contribution is -2.16. The Morgan fingerprint density at radius 3 is 1.39 bits per heavy atom. The number of aliphatic hydroxyl groups is 2. The molecule has 0 radical (unpaired) electrons. The molecule has 0 aliphatic rings. The van der Waals surface area contributed by atoms with Gasteiger partial charge in [0.15, 0.2) is 0 Å². The molecule has 2 aromatic carbocycles. The Kier molecular flexibility index (Phi) is 2.96. The molecule has 0 bridgehead atoms. The second-order valence-electron chi connectivity index (χ2n) is 5.89. The highest BCUT2D eigenvalue weighted by Crippen LogP contribution is 2.28. The molecule has 0 spiro atoms. The summed E-state index contributed by atoms with van der Waals surface area (Å²) >= 11 is 0. The zero-order valence-electron chi connectivity index (χ0n) is 11.4. The Bertz CT molecular complexity index is 523. The summed E-state index contributed by atoms with van der Waals surface area (Å²) in [5.41, 5.74) is 0.0588. The summed E-state index contributed by atoms with van der Waals surface area (Å²) in [7, 11) is 0. The summed E-state index contributed by atoms with van der Waals surface area (Å²) in [6.45, 7) is 7.09. The van der Waals surface area contributed by atoms with Crippen LogP contribution in [0.4, 0.5) is 0 Å². The molecule has 18 heavy (non-hydrogen) atoms. The Morgan fingerprint density at radius 2 is 1.06 bits per heavy atom. The standard InChI is InChI=1S/C16H20O2/c1-15(2,17)13-7-5-11-6-8-14(16(3,4)18)10-12(11)9-13/h5-10,17-18H,1-4H3. The van der Waals surface area contributed by atoms with E-state index in [1.165, 1.54) is 0 Å². The van der Waals surface area contributed by atoms with Crippen molar-refractivity contribution < 1.29 is 10.2 Å². The van der Waals surface area contributed by atoms with E-state index >= 15 is 0 Å². The smallest absolute Gasteiger partial charge is 0.0840 e. The Morgan fingerprint density at radius 1 is 0.667 bits per heavy atom. The van der Waals surface area contributed by atoms with E-state index in [9.17, 15) is 10.2 Å².